The van der Waals surface area contributed by atoms with Crippen molar-refractivity contribution in [2.75, 3.05) is 11.1 Å². The number of carbonyl (C=O) groups is 1. The number of nitrogens with zero attached hydrogens (tertiary/aromatic N) is 2. The molecule has 0 unspecified atom stereocenters. The van der Waals surface area contributed by atoms with Crippen molar-refractivity contribution < 1.29 is 4.79 Å². The fourth-order valence-electron chi connectivity index (χ4n) is 3.78. The van der Waals surface area contributed by atoms with E-state index in [0.29, 0.717) is 16.1 Å². The van der Waals surface area contributed by atoms with Crippen LogP contribution in [-0.2, 0) is 17.6 Å². The number of hydrogen-bond acceptors (Lipinski definition) is 4. The first-order valence-corrected chi connectivity index (χ1v) is 11.1. The molecule has 1 aliphatic carbocycles. The van der Waals surface area contributed by atoms with E-state index in [1.807, 2.05) is 38.1 Å². The van der Waals surface area contributed by atoms with Gasteiger partial charge in [-0.05, 0) is 68.0 Å². The second-order valence-corrected chi connectivity index (χ2v) is 8.46. The zero-order chi connectivity index (χ0) is 20.4. The molecule has 1 amide bonds. The van der Waals surface area contributed by atoms with Gasteiger partial charge in [-0.2, -0.15) is 0 Å². The molecule has 4 rings (SSSR count). The number of hydrogen-bond donors (Lipinski definition) is 1. The van der Waals surface area contributed by atoms with Gasteiger partial charge in [-0.3, -0.25) is 14.2 Å². The lowest BCUT2D eigenvalue weighted by molar-refractivity contribution is -0.113. The minimum atomic E-state index is -0.0916. The number of rotatable bonds is 6. The summed E-state index contributed by atoms with van der Waals surface area (Å²) >= 11 is 1.31. The van der Waals surface area contributed by atoms with Crippen LogP contribution < -0.4 is 10.9 Å². The van der Waals surface area contributed by atoms with Gasteiger partial charge in [-0.15, -0.1) is 0 Å². The summed E-state index contributed by atoms with van der Waals surface area (Å²) in [4.78, 5) is 30.2. The second kappa shape index (κ2) is 8.41. The molecule has 0 saturated carbocycles. The summed E-state index contributed by atoms with van der Waals surface area (Å²) in [6, 6.07) is 13.5. The topological polar surface area (TPSA) is 64.0 Å². The first-order valence-electron chi connectivity index (χ1n) is 10.1. The molecule has 5 nitrogen and oxygen atoms in total. The minimum absolute atomic E-state index is 0.0156. The van der Waals surface area contributed by atoms with E-state index in [1.54, 1.807) is 10.6 Å². The van der Waals surface area contributed by atoms with Crippen LogP contribution in [0.1, 0.15) is 43.9 Å². The highest BCUT2D eigenvalue weighted by Gasteiger charge is 2.17. The first kappa shape index (κ1) is 19.7. The third-order valence-corrected chi connectivity index (χ3v) is 6.47. The molecule has 1 aliphatic rings. The van der Waals surface area contributed by atoms with Crippen molar-refractivity contribution >= 4 is 34.3 Å². The van der Waals surface area contributed by atoms with Crippen molar-refractivity contribution in [2.24, 2.45) is 0 Å². The summed E-state index contributed by atoms with van der Waals surface area (Å²) in [5.41, 5.74) is 4.17. The average Bonchev–Trinajstić information content (AvgIpc) is 3.20. The van der Waals surface area contributed by atoms with E-state index in [4.69, 9.17) is 0 Å². The summed E-state index contributed by atoms with van der Waals surface area (Å²) in [7, 11) is 0. The van der Waals surface area contributed by atoms with Gasteiger partial charge in [0.15, 0.2) is 5.16 Å². The molecular weight excluding hydrogens is 382 g/mol. The van der Waals surface area contributed by atoms with Crippen LogP contribution in [-0.4, -0.2) is 21.2 Å². The predicted molar refractivity (Wildman–Crippen MR) is 119 cm³/mol. The van der Waals surface area contributed by atoms with Crippen LogP contribution in [0.25, 0.3) is 10.9 Å². The van der Waals surface area contributed by atoms with Crippen molar-refractivity contribution in [1.29, 1.82) is 0 Å². The molecule has 150 valence electrons. The second-order valence-electron chi connectivity index (χ2n) is 7.52. The van der Waals surface area contributed by atoms with Crippen LogP contribution in [0.5, 0.6) is 0 Å². The number of para-hydroxylation sites is 1. The summed E-state index contributed by atoms with van der Waals surface area (Å²) in [6.45, 7) is 4.05. The summed E-state index contributed by atoms with van der Waals surface area (Å²) in [5.74, 6) is 0.115. The number of carbonyl (C=O) groups excluding carboxylic acids is 1. The fraction of sp³-hybridized carbons (Fsp3) is 0.348. The molecule has 6 heteroatoms. The van der Waals surface area contributed by atoms with Crippen molar-refractivity contribution in [3.8, 4) is 0 Å². The van der Waals surface area contributed by atoms with E-state index >= 15 is 0 Å². The lowest BCUT2D eigenvalue weighted by Crippen LogP contribution is -2.26. The van der Waals surface area contributed by atoms with Crippen LogP contribution in [0.4, 0.5) is 5.69 Å². The normalized spacial score (nSPS) is 14.0. The van der Waals surface area contributed by atoms with Crippen LogP contribution in [0, 0.1) is 0 Å². The molecule has 0 aliphatic heterocycles. The van der Waals surface area contributed by atoms with Gasteiger partial charge < -0.3 is 5.32 Å². The monoisotopic (exact) mass is 407 g/mol. The van der Waals surface area contributed by atoms with Gasteiger partial charge in [0.05, 0.1) is 16.7 Å². The van der Waals surface area contributed by atoms with E-state index < -0.39 is 0 Å². The Morgan fingerprint density at radius 3 is 2.83 bits per heavy atom. The number of aromatic nitrogens is 2. The molecule has 0 spiro atoms. The van der Waals surface area contributed by atoms with Gasteiger partial charge in [0.2, 0.25) is 5.91 Å². The van der Waals surface area contributed by atoms with Crippen molar-refractivity contribution in [1.82, 2.24) is 9.55 Å². The maximum Gasteiger partial charge on any atom is 0.262 e. The number of aryl methyl sites for hydroxylation is 2. The van der Waals surface area contributed by atoms with Crippen molar-refractivity contribution in [2.45, 2.75) is 50.7 Å². The quantitative estimate of drug-likeness (QED) is 0.480. The van der Waals surface area contributed by atoms with Gasteiger partial charge in [0, 0.05) is 11.7 Å². The summed E-state index contributed by atoms with van der Waals surface area (Å²) in [5, 5.41) is 4.18. The standard InChI is InChI=1S/C23H25N3O2S/c1-3-15(2)26-22(28)19-9-4-5-10-20(19)25-23(26)29-14-21(27)24-18-12-11-16-7-6-8-17(16)13-18/h4-5,9-13,15H,3,6-8,14H2,1-2H3,(H,24,27)/t15-/m0/s1. The van der Waals surface area contributed by atoms with Crippen LogP contribution in [0.15, 0.2) is 52.4 Å². The first-order chi connectivity index (χ1) is 14.1. The highest BCUT2D eigenvalue weighted by molar-refractivity contribution is 7.99. The van der Waals surface area contributed by atoms with E-state index in [0.717, 1.165) is 24.9 Å². The molecule has 3 aromatic rings. The molecule has 29 heavy (non-hydrogen) atoms. The smallest absolute Gasteiger partial charge is 0.262 e. The molecule has 0 radical (unpaired) electrons. The minimum Gasteiger partial charge on any atom is -0.325 e. The largest absolute Gasteiger partial charge is 0.325 e. The molecule has 1 heterocycles. The highest BCUT2D eigenvalue weighted by Crippen LogP contribution is 2.26. The predicted octanol–water partition coefficient (Wildman–Crippen LogP) is 4.59. The lowest BCUT2D eigenvalue weighted by atomic mass is 10.1. The summed E-state index contributed by atoms with van der Waals surface area (Å²) in [6.07, 6.45) is 4.20. The maximum absolute atomic E-state index is 13.0. The number of fused-ring (bicyclic) bond motifs is 2. The Balaban J connectivity index is 1.54. The molecule has 2 aromatic carbocycles. The third-order valence-electron chi connectivity index (χ3n) is 5.52. The molecule has 0 saturated heterocycles. The molecule has 1 aromatic heterocycles. The van der Waals surface area contributed by atoms with Crippen molar-refractivity contribution in [3.63, 3.8) is 0 Å². The Morgan fingerprint density at radius 1 is 1.21 bits per heavy atom. The molecule has 0 fully saturated rings. The maximum atomic E-state index is 13.0. The highest BCUT2D eigenvalue weighted by atomic mass is 32.2. The Morgan fingerprint density at radius 2 is 2.00 bits per heavy atom. The van der Waals surface area contributed by atoms with Gasteiger partial charge in [-0.25, -0.2) is 4.98 Å². The Hall–Kier alpha value is -2.60. The molecular formula is C23H25N3O2S. The number of thioether (sulfide) groups is 1. The van der Waals surface area contributed by atoms with Crippen LogP contribution >= 0.6 is 11.8 Å². The van der Waals surface area contributed by atoms with Gasteiger partial charge in [-0.1, -0.05) is 36.9 Å². The average molecular weight is 408 g/mol. The summed E-state index contributed by atoms with van der Waals surface area (Å²) < 4.78 is 1.72. The van der Waals surface area contributed by atoms with Gasteiger partial charge in [0.25, 0.3) is 5.56 Å². The Kier molecular flexibility index (Phi) is 5.72. The zero-order valence-corrected chi connectivity index (χ0v) is 17.6. The van der Waals surface area contributed by atoms with E-state index in [2.05, 4.69) is 22.4 Å². The molecule has 1 N–H and O–H groups in total. The van der Waals surface area contributed by atoms with Crippen LogP contribution in [0.3, 0.4) is 0 Å². The van der Waals surface area contributed by atoms with Crippen molar-refractivity contribution in [3.05, 3.63) is 63.9 Å². The number of nitrogens with one attached hydrogen (secondary N) is 1. The van der Waals surface area contributed by atoms with E-state index in [1.165, 1.54) is 29.3 Å². The Bertz CT molecular complexity index is 1120. The van der Waals surface area contributed by atoms with E-state index in [-0.39, 0.29) is 23.3 Å². The number of benzene rings is 2. The Labute approximate surface area is 174 Å². The third kappa shape index (κ3) is 4.08. The molecule has 0 bridgehead atoms. The van der Waals surface area contributed by atoms with Gasteiger partial charge in [0.1, 0.15) is 0 Å². The SMILES string of the molecule is CC[C@H](C)n1c(SCC(=O)Nc2ccc3c(c2)CCC3)nc2ccccc2c1=O. The zero-order valence-electron chi connectivity index (χ0n) is 16.8. The molecule has 1 atom stereocenters. The lowest BCUT2D eigenvalue weighted by Gasteiger charge is -2.18. The van der Waals surface area contributed by atoms with E-state index in [9.17, 15) is 9.59 Å². The number of amides is 1. The van der Waals surface area contributed by atoms with Gasteiger partial charge >= 0.3 is 0 Å². The fourth-order valence-corrected chi connectivity index (χ4v) is 4.67. The van der Waals surface area contributed by atoms with Crippen LogP contribution in [0.2, 0.25) is 0 Å². The number of anilines is 1.